The summed E-state index contributed by atoms with van der Waals surface area (Å²) in [7, 11) is 0. The standard InChI is InChI=1S/C12H9N3OS2/c1-8-2-3-10(18-8)6-9(7-13)11(16)15-12-14-4-5-17-12/h2-6H,1H3,(H,14,15,16). The Labute approximate surface area is 112 Å². The van der Waals surface area contributed by atoms with Crippen LogP contribution in [-0.4, -0.2) is 10.9 Å². The number of nitrogens with zero attached hydrogens (tertiary/aromatic N) is 2. The Kier molecular flexibility index (Phi) is 3.87. The van der Waals surface area contributed by atoms with Crippen LogP contribution in [0.3, 0.4) is 0 Å². The molecule has 0 aliphatic rings. The largest absolute Gasteiger partial charge is 0.297 e. The lowest BCUT2D eigenvalue weighted by molar-refractivity contribution is -0.112. The summed E-state index contributed by atoms with van der Waals surface area (Å²) in [6.07, 6.45) is 3.18. The molecule has 0 bridgehead atoms. The van der Waals surface area contributed by atoms with Gasteiger partial charge in [0.1, 0.15) is 11.6 Å². The van der Waals surface area contributed by atoms with Crippen LogP contribution in [-0.2, 0) is 4.79 Å². The molecule has 6 heteroatoms. The third-order valence-electron chi connectivity index (χ3n) is 2.07. The summed E-state index contributed by atoms with van der Waals surface area (Å²) in [6, 6.07) is 5.74. The minimum Gasteiger partial charge on any atom is -0.297 e. The third-order valence-corrected chi connectivity index (χ3v) is 3.70. The van der Waals surface area contributed by atoms with E-state index in [1.54, 1.807) is 17.7 Å². The van der Waals surface area contributed by atoms with E-state index >= 15 is 0 Å². The highest BCUT2D eigenvalue weighted by atomic mass is 32.1. The molecule has 18 heavy (non-hydrogen) atoms. The fourth-order valence-electron chi connectivity index (χ4n) is 1.27. The number of aromatic nitrogens is 1. The molecule has 0 aromatic carbocycles. The molecule has 2 heterocycles. The van der Waals surface area contributed by atoms with Crippen LogP contribution in [0.2, 0.25) is 0 Å². The topological polar surface area (TPSA) is 65.8 Å². The van der Waals surface area contributed by atoms with E-state index in [2.05, 4.69) is 10.3 Å². The van der Waals surface area contributed by atoms with E-state index in [9.17, 15) is 4.79 Å². The summed E-state index contributed by atoms with van der Waals surface area (Å²) >= 11 is 2.85. The van der Waals surface area contributed by atoms with Crippen molar-refractivity contribution < 1.29 is 4.79 Å². The van der Waals surface area contributed by atoms with Crippen molar-refractivity contribution in [3.63, 3.8) is 0 Å². The van der Waals surface area contributed by atoms with E-state index < -0.39 is 5.91 Å². The maximum Gasteiger partial charge on any atom is 0.268 e. The Morgan fingerprint density at radius 3 is 2.94 bits per heavy atom. The highest BCUT2D eigenvalue weighted by Crippen LogP contribution is 2.19. The molecule has 0 spiro atoms. The van der Waals surface area contributed by atoms with Gasteiger partial charge in [-0.05, 0) is 25.1 Å². The summed E-state index contributed by atoms with van der Waals surface area (Å²) in [6.45, 7) is 1.98. The molecule has 1 amide bonds. The molecule has 0 aliphatic carbocycles. The van der Waals surface area contributed by atoms with Crippen LogP contribution in [0.15, 0.2) is 29.3 Å². The SMILES string of the molecule is Cc1ccc(C=C(C#N)C(=O)Nc2nccs2)s1. The van der Waals surface area contributed by atoms with Crippen molar-refractivity contribution in [1.82, 2.24) is 4.98 Å². The Morgan fingerprint density at radius 1 is 1.56 bits per heavy atom. The number of thiophene rings is 1. The number of carbonyl (C=O) groups excluding carboxylic acids is 1. The van der Waals surface area contributed by atoms with Gasteiger partial charge in [-0.15, -0.1) is 22.7 Å². The van der Waals surface area contributed by atoms with Gasteiger partial charge in [0, 0.05) is 21.3 Å². The highest BCUT2D eigenvalue weighted by Gasteiger charge is 2.10. The molecule has 90 valence electrons. The average Bonchev–Trinajstić information content (AvgIpc) is 2.97. The summed E-state index contributed by atoms with van der Waals surface area (Å²) in [5, 5.41) is 13.8. The van der Waals surface area contributed by atoms with Gasteiger partial charge in [0.15, 0.2) is 5.13 Å². The fourth-order valence-corrected chi connectivity index (χ4v) is 2.62. The van der Waals surface area contributed by atoms with Crippen LogP contribution in [0.5, 0.6) is 0 Å². The van der Waals surface area contributed by atoms with E-state index in [0.29, 0.717) is 5.13 Å². The fraction of sp³-hybridized carbons (Fsp3) is 0.0833. The molecule has 0 saturated heterocycles. The van der Waals surface area contributed by atoms with Crippen molar-refractivity contribution in [1.29, 1.82) is 5.26 Å². The first-order valence-corrected chi connectivity index (χ1v) is 6.78. The molecule has 0 aliphatic heterocycles. The molecule has 0 saturated carbocycles. The predicted molar refractivity (Wildman–Crippen MR) is 73.4 cm³/mol. The van der Waals surface area contributed by atoms with Gasteiger partial charge in [0.05, 0.1) is 0 Å². The average molecular weight is 275 g/mol. The van der Waals surface area contributed by atoms with Crippen LogP contribution in [0.4, 0.5) is 5.13 Å². The molecule has 2 aromatic heterocycles. The second kappa shape index (κ2) is 5.58. The number of rotatable bonds is 3. The quantitative estimate of drug-likeness (QED) is 0.691. The van der Waals surface area contributed by atoms with Crippen LogP contribution >= 0.6 is 22.7 Å². The van der Waals surface area contributed by atoms with Crippen molar-refractivity contribution in [3.8, 4) is 6.07 Å². The molecule has 2 aromatic rings. The van der Waals surface area contributed by atoms with Gasteiger partial charge in [-0.2, -0.15) is 5.26 Å². The Balaban J connectivity index is 2.16. The lowest BCUT2D eigenvalue weighted by Crippen LogP contribution is -2.12. The van der Waals surface area contributed by atoms with Crippen molar-refractivity contribution in [2.45, 2.75) is 6.92 Å². The zero-order chi connectivity index (χ0) is 13.0. The molecule has 1 N–H and O–H groups in total. The second-order valence-corrected chi connectivity index (χ2v) is 5.62. The Bertz CT molecular complexity index is 620. The zero-order valence-electron chi connectivity index (χ0n) is 9.51. The number of carbonyl (C=O) groups is 1. The molecule has 0 fully saturated rings. The van der Waals surface area contributed by atoms with E-state index in [4.69, 9.17) is 5.26 Å². The van der Waals surface area contributed by atoms with Gasteiger partial charge in [0.25, 0.3) is 5.91 Å². The van der Waals surface area contributed by atoms with Gasteiger partial charge in [0.2, 0.25) is 0 Å². The molecular formula is C12H9N3OS2. The zero-order valence-corrected chi connectivity index (χ0v) is 11.1. The van der Waals surface area contributed by atoms with Crippen molar-refractivity contribution in [2.24, 2.45) is 0 Å². The number of hydrogen-bond donors (Lipinski definition) is 1. The first-order chi connectivity index (χ1) is 8.69. The van der Waals surface area contributed by atoms with Gasteiger partial charge in [-0.1, -0.05) is 0 Å². The van der Waals surface area contributed by atoms with E-state index in [1.165, 1.54) is 22.7 Å². The molecule has 0 radical (unpaired) electrons. The number of amides is 1. The van der Waals surface area contributed by atoms with Crippen LogP contribution in [0, 0.1) is 18.3 Å². The first kappa shape index (κ1) is 12.5. The minimum absolute atomic E-state index is 0.0760. The Hall–Kier alpha value is -1.97. The van der Waals surface area contributed by atoms with Crippen molar-refractivity contribution in [3.05, 3.63) is 39.0 Å². The lowest BCUT2D eigenvalue weighted by atomic mass is 10.2. The molecule has 4 nitrogen and oxygen atoms in total. The molecule has 2 rings (SSSR count). The summed E-state index contributed by atoms with van der Waals surface area (Å²) in [5.74, 6) is -0.432. The lowest BCUT2D eigenvalue weighted by Gasteiger charge is -1.98. The summed E-state index contributed by atoms with van der Waals surface area (Å²) in [4.78, 5) is 17.8. The van der Waals surface area contributed by atoms with Crippen LogP contribution < -0.4 is 5.32 Å². The number of aryl methyl sites for hydroxylation is 1. The maximum atomic E-state index is 11.8. The Morgan fingerprint density at radius 2 is 2.39 bits per heavy atom. The van der Waals surface area contributed by atoms with Crippen LogP contribution in [0.1, 0.15) is 9.75 Å². The summed E-state index contributed by atoms with van der Waals surface area (Å²) < 4.78 is 0. The number of nitriles is 1. The third kappa shape index (κ3) is 3.03. The number of hydrogen-bond acceptors (Lipinski definition) is 5. The number of anilines is 1. The van der Waals surface area contributed by atoms with E-state index in [-0.39, 0.29) is 5.57 Å². The summed E-state index contributed by atoms with van der Waals surface area (Å²) in [5.41, 5.74) is 0.0760. The first-order valence-electron chi connectivity index (χ1n) is 5.08. The number of nitrogens with one attached hydrogen (secondary N) is 1. The van der Waals surface area contributed by atoms with Gasteiger partial charge < -0.3 is 0 Å². The van der Waals surface area contributed by atoms with Gasteiger partial charge in [-0.25, -0.2) is 4.98 Å². The smallest absolute Gasteiger partial charge is 0.268 e. The molecule has 0 unspecified atom stereocenters. The molecule has 0 atom stereocenters. The van der Waals surface area contributed by atoms with Gasteiger partial charge in [-0.3, -0.25) is 10.1 Å². The normalized spacial score (nSPS) is 11.0. The van der Waals surface area contributed by atoms with Crippen LogP contribution in [0.25, 0.3) is 6.08 Å². The number of thiazole rings is 1. The molecular weight excluding hydrogens is 266 g/mol. The maximum absolute atomic E-state index is 11.8. The highest BCUT2D eigenvalue weighted by molar-refractivity contribution is 7.13. The predicted octanol–water partition coefficient (Wildman–Crippen LogP) is 3.06. The van der Waals surface area contributed by atoms with Gasteiger partial charge >= 0.3 is 0 Å². The van der Waals surface area contributed by atoms with Crippen molar-refractivity contribution in [2.75, 3.05) is 5.32 Å². The van der Waals surface area contributed by atoms with E-state index in [0.717, 1.165) is 9.75 Å². The minimum atomic E-state index is -0.432. The van der Waals surface area contributed by atoms with E-state index in [1.807, 2.05) is 25.1 Å². The second-order valence-electron chi connectivity index (χ2n) is 3.41. The van der Waals surface area contributed by atoms with Crippen molar-refractivity contribution >= 4 is 39.8 Å². The monoisotopic (exact) mass is 275 g/mol.